The van der Waals surface area contributed by atoms with Gasteiger partial charge in [-0.3, -0.25) is 4.90 Å². The molecule has 0 atom stereocenters. The van der Waals surface area contributed by atoms with Gasteiger partial charge in [-0.25, -0.2) is 9.18 Å². The average Bonchev–Trinajstić information content (AvgIpc) is 3.04. The highest BCUT2D eigenvalue weighted by molar-refractivity contribution is 5.67. The highest BCUT2D eigenvalue weighted by Crippen LogP contribution is 2.21. The fourth-order valence-electron chi connectivity index (χ4n) is 2.56. The number of aromatic nitrogens is 2. The number of hydrogen-bond donors (Lipinski definition) is 0. The van der Waals surface area contributed by atoms with Crippen molar-refractivity contribution in [1.29, 1.82) is 0 Å². The number of halogens is 1. The number of amides is 1. The zero-order valence-corrected chi connectivity index (χ0v) is 13.4. The number of rotatable bonds is 4. The maximum Gasteiger partial charge on any atom is 0.409 e. The van der Waals surface area contributed by atoms with Gasteiger partial charge in [-0.15, -0.1) is 10.2 Å². The fraction of sp³-hybridized carbons (Fsp3) is 0.438. The molecule has 3 rings (SSSR count). The molecular formula is C16H19FN4O3. The Labute approximate surface area is 139 Å². The first-order valence-corrected chi connectivity index (χ1v) is 7.88. The summed E-state index contributed by atoms with van der Waals surface area (Å²) in [7, 11) is 0. The Balaban J connectivity index is 1.57. The second-order valence-electron chi connectivity index (χ2n) is 5.44. The third kappa shape index (κ3) is 3.70. The molecule has 1 aromatic carbocycles. The molecule has 0 unspecified atom stereocenters. The highest BCUT2D eigenvalue weighted by atomic mass is 19.1. The Morgan fingerprint density at radius 3 is 2.71 bits per heavy atom. The van der Waals surface area contributed by atoms with Gasteiger partial charge in [-0.2, -0.15) is 0 Å². The minimum Gasteiger partial charge on any atom is -0.450 e. The van der Waals surface area contributed by atoms with Crippen LogP contribution in [0.4, 0.5) is 9.18 Å². The summed E-state index contributed by atoms with van der Waals surface area (Å²) in [4.78, 5) is 15.4. The summed E-state index contributed by atoms with van der Waals surface area (Å²) in [5, 5.41) is 7.89. The molecule has 7 nitrogen and oxygen atoms in total. The molecule has 1 aliphatic heterocycles. The van der Waals surface area contributed by atoms with Crippen LogP contribution in [0.3, 0.4) is 0 Å². The van der Waals surface area contributed by atoms with Gasteiger partial charge in [0.25, 0.3) is 5.89 Å². The monoisotopic (exact) mass is 334 g/mol. The van der Waals surface area contributed by atoms with Gasteiger partial charge in [0.1, 0.15) is 5.82 Å². The zero-order chi connectivity index (χ0) is 16.9. The molecule has 1 aliphatic rings. The first-order valence-electron chi connectivity index (χ1n) is 7.88. The Morgan fingerprint density at radius 1 is 1.25 bits per heavy atom. The Hall–Kier alpha value is -2.48. The summed E-state index contributed by atoms with van der Waals surface area (Å²) in [6.07, 6.45) is -0.281. The average molecular weight is 334 g/mol. The third-order valence-corrected chi connectivity index (χ3v) is 3.83. The number of carbonyl (C=O) groups is 1. The number of ether oxygens (including phenoxy) is 1. The number of carbonyl (C=O) groups excluding carboxylic acids is 1. The molecule has 0 aliphatic carbocycles. The topological polar surface area (TPSA) is 71.7 Å². The van der Waals surface area contributed by atoms with Crippen molar-refractivity contribution < 1.29 is 18.3 Å². The van der Waals surface area contributed by atoms with Gasteiger partial charge in [0.2, 0.25) is 5.89 Å². The molecule has 0 spiro atoms. The van der Waals surface area contributed by atoms with Crippen LogP contribution in [0.5, 0.6) is 0 Å². The van der Waals surface area contributed by atoms with Crippen molar-refractivity contribution in [3.05, 3.63) is 36.0 Å². The van der Waals surface area contributed by atoms with E-state index >= 15 is 0 Å². The maximum absolute atomic E-state index is 13.7. The summed E-state index contributed by atoms with van der Waals surface area (Å²) in [5.74, 6) is 0.210. The molecule has 0 N–H and O–H groups in total. The fourth-order valence-corrected chi connectivity index (χ4v) is 2.56. The van der Waals surface area contributed by atoms with E-state index in [-0.39, 0.29) is 12.0 Å². The van der Waals surface area contributed by atoms with E-state index in [9.17, 15) is 9.18 Å². The van der Waals surface area contributed by atoms with E-state index in [1.54, 1.807) is 30.0 Å². The normalized spacial score (nSPS) is 15.5. The standard InChI is InChI=1S/C16H19FN4O3/c1-2-23-16(22)21-9-7-20(8-10-21)11-14-18-19-15(24-14)12-5-3-4-6-13(12)17/h3-6H,2,7-11H2,1H3. The number of nitrogens with zero attached hydrogens (tertiary/aromatic N) is 4. The van der Waals surface area contributed by atoms with Crippen molar-refractivity contribution in [3.63, 3.8) is 0 Å². The third-order valence-electron chi connectivity index (χ3n) is 3.83. The lowest BCUT2D eigenvalue weighted by molar-refractivity contribution is 0.0756. The van der Waals surface area contributed by atoms with E-state index in [2.05, 4.69) is 15.1 Å². The molecule has 1 fully saturated rings. The summed E-state index contributed by atoms with van der Waals surface area (Å²) in [6.45, 7) is 5.20. The Bertz CT molecular complexity index is 698. The van der Waals surface area contributed by atoms with Crippen molar-refractivity contribution in [2.45, 2.75) is 13.5 Å². The van der Waals surface area contributed by atoms with Gasteiger partial charge in [-0.05, 0) is 19.1 Å². The Morgan fingerprint density at radius 2 is 2.00 bits per heavy atom. The van der Waals surface area contributed by atoms with Crippen LogP contribution in [-0.4, -0.2) is 58.9 Å². The zero-order valence-electron chi connectivity index (χ0n) is 13.4. The van der Waals surface area contributed by atoms with E-state index in [4.69, 9.17) is 9.15 Å². The molecule has 2 aromatic rings. The quantitative estimate of drug-likeness (QED) is 0.853. The van der Waals surface area contributed by atoms with Gasteiger partial charge in [0.05, 0.1) is 18.7 Å². The van der Waals surface area contributed by atoms with Gasteiger partial charge in [-0.1, -0.05) is 12.1 Å². The van der Waals surface area contributed by atoms with Gasteiger partial charge < -0.3 is 14.1 Å². The van der Waals surface area contributed by atoms with Gasteiger partial charge >= 0.3 is 6.09 Å². The SMILES string of the molecule is CCOC(=O)N1CCN(Cc2nnc(-c3ccccc3F)o2)CC1. The largest absolute Gasteiger partial charge is 0.450 e. The van der Waals surface area contributed by atoms with Gasteiger partial charge in [0, 0.05) is 26.2 Å². The van der Waals surface area contributed by atoms with Crippen LogP contribution < -0.4 is 0 Å². The molecule has 128 valence electrons. The lowest BCUT2D eigenvalue weighted by Crippen LogP contribution is -2.48. The molecule has 24 heavy (non-hydrogen) atoms. The van der Waals surface area contributed by atoms with Crippen molar-refractivity contribution >= 4 is 6.09 Å². The van der Waals surface area contributed by atoms with E-state index in [1.165, 1.54) is 6.07 Å². The number of hydrogen-bond acceptors (Lipinski definition) is 6. The molecule has 1 aromatic heterocycles. The van der Waals surface area contributed by atoms with E-state index in [0.29, 0.717) is 50.8 Å². The molecule has 8 heteroatoms. The minimum atomic E-state index is -0.393. The lowest BCUT2D eigenvalue weighted by Gasteiger charge is -2.33. The summed E-state index contributed by atoms with van der Waals surface area (Å²) in [6, 6.07) is 6.29. The predicted octanol–water partition coefficient (Wildman–Crippen LogP) is 2.15. The van der Waals surface area contributed by atoms with Crippen LogP contribution in [0.25, 0.3) is 11.5 Å². The molecular weight excluding hydrogens is 315 g/mol. The van der Waals surface area contributed by atoms with E-state index < -0.39 is 5.82 Å². The van der Waals surface area contributed by atoms with Crippen molar-refractivity contribution in [1.82, 2.24) is 20.0 Å². The van der Waals surface area contributed by atoms with Crippen LogP contribution in [-0.2, 0) is 11.3 Å². The molecule has 1 saturated heterocycles. The summed E-state index contributed by atoms with van der Waals surface area (Å²) in [5.41, 5.74) is 0.295. The van der Waals surface area contributed by atoms with Crippen LogP contribution in [0.15, 0.2) is 28.7 Å². The summed E-state index contributed by atoms with van der Waals surface area (Å²) < 4.78 is 24.3. The molecule has 0 radical (unpaired) electrons. The minimum absolute atomic E-state index is 0.174. The summed E-state index contributed by atoms with van der Waals surface area (Å²) >= 11 is 0. The maximum atomic E-state index is 13.7. The molecule has 2 heterocycles. The van der Waals surface area contributed by atoms with E-state index in [0.717, 1.165) is 0 Å². The highest BCUT2D eigenvalue weighted by Gasteiger charge is 2.23. The van der Waals surface area contributed by atoms with Crippen LogP contribution in [0.2, 0.25) is 0 Å². The second-order valence-corrected chi connectivity index (χ2v) is 5.44. The van der Waals surface area contributed by atoms with Crippen LogP contribution in [0.1, 0.15) is 12.8 Å². The smallest absolute Gasteiger partial charge is 0.409 e. The first kappa shape index (κ1) is 16.4. The van der Waals surface area contributed by atoms with Crippen LogP contribution >= 0.6 is 0 Å². The molecule has 0 bridgehead atoms. The first-order chi connectivity index (χ1) is 11.7. The van der Waals surface area contributed by atoms with E-state index in [1.807, 2.05) is 0 Å². The lowest BCUT2D eigenvalue weighted by atomic mass is 10.2. The van der Waals surface area contributed by atoms with Gasteiger partial charge in [0.15, 0.2) is 0 Å². The Kier molecular flexibility index (Phi) is 5.05. The van der Waals surface area contributed by atoms with Crippen LogP contribution in [0, 0.1) is 5.82 Å². The predicted molar refractivity (Wildman–Crippen MR) is 83.6 cm³/mol. The number of benzene rings is 1. The van der Waals surface area contributed by atoms with Crippen molar-refractivity contribution in [2.75, 3.05) is 32.8 Å². The molecule has 1 amide bonds. The molecule has 0 saturated carbocycles. The second kappa shape index (κ2) is 7.39. The van der Waals surface area contributed by atoms with Crippen molar-refractivity contribution in [3.8, 4) is 11.5 Å². The number of piperazine rings is 1. The van der Waals surface area contributed by atoms with Crippen molar-refractivity contribution in [2.24, 2.45) is 0 Å².